The standard InChI is InChI=1S/C22H34O4/c1-15(2)10-20(23)25-13-17-8-9-19(22(5,6)7)12-18(17)14-26-21(24)11-16(3)4/h8-9,12,15-16H,10-11,13-14H2,1-7H3. The van der Waals surface area contributed by atoms with Gasteiger partial charge in [-0.25, -0.2) is 0 Å². The van der Waals surface area contributed by atoms with Crippen LogP contribution in [0.5, 0.6) is 0 Å². The van der Waals surface area contributed by atoms with Crippen molar-refractivity contribution in [2.45, 2.75) is 79.9 Å². The number of carbonyl (C=O) groups excluding carboxylic acids is 2. The topological polar surface area (TPSA) is 52.6 Å². The summed E-state index contributed by atoms with van der Waals surface area (Å²) in [5, 5.41) is 0. The van der Waals surface area contributed by atoms with E-state index >= 15 is 0 Å². The predicted octanol–water partition coefficient (Wildman–Crippen LogP) is 5.16. The Labute approximate surface area is 158 Å². The Balaban J connectivity index is 2.90. The van der Waals surface area contributed by atoms with Crippen LogP contribution < -0.4 is 0 Å². The lowest BCUT2D eigenvalue weighted by Crippen LogP contribution is -2.15. The van der Waals surface area contributed by atoms with Crippen molar-refractivity contribution < 1.29 is 19.1 Å². The molecule has 146 valence electrons. The summed E-state index contributed by atoms with van der Waals surface area (Å²) < 4.78 is 10.8. The molecule has 0 radical (unpaired) electrons. The molecule has 0 aromatic heterocycles. The van der Waals surface area contributed by atoms with Crippen LogP contribution in [0.25, 0.3) is 0 Å². The van der Waals surface area contributed by atoms with Gasteiger partial charge in [0.05, 0.1) is 0 Å². The third kappa shape index (κ3) is 8.03. The molecule has 0 N–H and O–H groups in total. The maximum Gasteiger partial charge on any atom is 0.306 e. The molecule has 0 spiro atoms. The highest BCUT2D eigenvalue weighted by molar-refractivity contribution is 5.70. The summed E-state index contributed by atoms with van der Waals surface area (Å²) in [4.78, 5) is 23.7. The van der Waals surface area contributed by atoms with Crippen LogP contribution in [0.3, 0.4) is 0 Å². The molecule has 0 amide bonds. The van der Waals surface area contributed by atoms with Gasteiger partial charge in [-0.15, -0.1) is 0 Å². The number of benzene rings is 1. The van der Waals surface area contributed by atoms with E-state index in [1.54, 1.807) is 0 Å². The molecule has 0 fully saturated rings. The van der Waals surface area contributed by atoms with Gasteiger partial charge in [0.1, 0.15) is 13.2 Å². The van der Waals surface area contributed by atoms with Gasteiger partial charge >= 0.3 is 11.9 Å². The summed E-state index contributed by atoms with van der Waals surface area (Å²) in [6, 6.07) is 6.06. The van der Waals surface area contributed by atoms with E-state index in [1.807, 2.05) is 45.9 Å². The first kappa shape index (κ1) is 22.2. The van der Waals surface area contributed by atoms with Crippen molar-refractivity contribution >= 4 is 11.9 Å². The maximum atomic E-state index is 11.9. The molecule has 26 heavy (non-hydrogen) atoms. The van der Waals surface area contributed by atoms with Gasteiger partial charge in [0.2, 0.25) is 0 Å². The number of esters is 2. The monoisotopic (exact) mass is 362 g/mol. The van der Waals surface area contributed by atoms with Crippen molar-refractivity contribution in [2.75, 3.05) is 0 Å². The Morgan fingerprint density at radius 2 is 1.31 bits per heavy atom. The molecule has 1 aromatic rings. The summed E-state index contributed by atoms with van der Waals surface area (Å²) in [5.74, 6) is 0.119. The minimum atomic E-state index is -0.206. The first-order chi connectivity index (χ1) is 12.0. The van der Waals surface area contributed by atoms with Crippen LogP contribution in [-0.2, 0) is 37.7 Å². The van der Waals surface area contributed by atoms with Gasteiger partial charge in [0.15, 0.2) is 0 Å². The molecule has 0 aliphatic carbocycles. The molecule has 0 saturated carbocycles. The molecule has 0 aliphatic heterocycles. The van der Waals surface area contributed by atoms with Crippen molar-refractivity contribution in [1.82, 2.24) is 0 Å². The molecule has 0 aliphatic rings. The second-order valence-electron chi connectivity index (χ2n) is 8.75. The van der Waals surface area contributed by atoms with E-state index in [9.17, 15) is 9.59 Å². The van der Waals surface area contributed by atoms with Crippen LogP contribution in [0.15, 0.2) is 18.2 Å². The van der Waals surface area contributed by atoms with E-state index in [0.717, 1.165) is 16.7 Å². The summed E-state index contributed by atoms with van der Waals surface area (Å²) >= 11 is 0. The highest BCUT2D eigenvalue weighted by atomic mass is 16.5. The lowest BCUT2D eigenvalue weighted by molar-refractivity contribution is -0.147. The minimum Gasteiger partial charge on any atom is -0.461 e. The number of ether oxygens (including phenoxy) is 2. The van der Waals surface area contributed by atoms with E-state index in [2.05, 4.69) is 20.8 Å². The van der Waals surface area contributed by atoms with Crippen LogP contribution in [0, 0.1) is 11.8 Å². The molecule has 1 rings (SSSR count). The van der Waals surface area contributed by atoms with Crippen LogP contribution >= 0.6 is 0 Å². The highest BCUT2D eigenvalue weighted by Crippen LogP contribution is 2.26. The number of hydrogen-bond acceptors (Lipinski definition) is 4. The third-order valence-electron chi connectivity index (χ3n) is 4.00. The van der Waals surface area contributed by atoms with Gasteiger partial charge in [-0.1, -0.05) is 66.7 Å². The lowest BCUT2D eigenvalue weighted by Gasteiger charge is -2.21. The zero-order chi connectivity index (χ0) is 19.9. The number of hydrogen-bond donors (Lipinski definition) is 0. The van der Waals surface area contributed by atoms with Gasteiger partial charge in [-0.3, -0.25) is 9.59 Å². The van der Waals surface area contributed by atoms with Crippen LogP contribution in [0.2, 0.25) is 0 Å². The van der Waals surface area contributed by atoms with Gasteiger partial charge in [0.25, 0.3) is 0 Å². The van der Waals surface area contributed by atoms with E-state index in [1.165, 1.54) is 0 Å². The maximum absolute atomic E-state index is 11.9. The Kier molecular flexibility index (Phi) is 8.32. The summed E-state index contributed by atoms with van der Waals surface area (Å²) in [6.07, 6.45) is 0.802. The van der Waals surface area contributed by atoms with Crippen molar-refractivity contribution in [3.05, 3.63) is 34.9 Å². The van der Waals surface area contributed by atoms with Gasteiger partial charge in [-0.05, 0) is 33.9 Å². The molecule has 0 bridgehead atoms. The second-order valence-corrected chi connectivity index (χ2v) is 8.75. The van der Waals surface area contributed by atoms with Crippen molar-refractivity contribution in [2.24, 2.45) is 11.8 Å². The Hall–Kier alpha value is -1.84. The zero-order valence-electron chi connectivity index (χ0n) is 17.3. The van der Waals surface area contributed by atoms with Crippen molar-refractivity contribution in [3.63, 3.8) is 0 Å². The average molecular weight is 363 g/mol. The fourth-order valence-electron chi connectivity index (χ4n) is 2.47. The summed E-state index contributed by atoms with van der Waals surface area (Å²) in [5.41, 5.74) is 2.92. The lowest BCUT2D eigenvalue weighted by atomic mass is 9.85. The largest absolute Gasteiger partial charge is 0.461 e. The molecule has 4 nitrogen and oxygen atoms in total. The quantitative estimate of drug-likeness (QED) is 0.599. The van der Waals surface area contributed by atoms with Crippen molar-refractivity contribution in [3.8, 4) is 0 Å². The SMILES string of the molecule is CC(C)CC(=O)OCc1ccc(C(C)(C)C)cc1COC(=O)CC(C)C. The molecular formula is C22H34O4. The first-order valence-electron chi connectivity index (χ1n) is 9.42. The van der Waals surface area contributed by atoms with E-state index in [0.29, 0.717) is 12.8 Å². The molecule has 0 unspecified atom stereocenters. The van der Waals surface area contributed by atoms with Gasteiger partial charge in [-0.2, -0.15) is 0 Å². The van der Waals surface area contributed by atoms with Gasteiger partial charge in [0, 0.05) is 12.8 Å². The highest BCUT2D eigenvalue weighted by Gasteiger charge is 2.17. The predicted molar refractivity (Wildman–Crippen MR) is 104 cm³/mol. The zero-order valence-corrected chi connectivity index (χ0v) is 17.3. The number of rotatable bonds is 8. The third-order valence-corrected chi connectivity index (χ3v) is 4.00. The molecular weight excluding hydrogens is 328 g/mol. The Morgan fingerprint density at radius 3 is 1.73 bits per heavy atom. The number of carbonyl (C=O) groups is 2. The van der Waals surface area contributed by atoms with Crippen molar-refractivity contribution in [1.29, 1.82) is 0 Å². The Bertz CT molecular complexity index is 609. The Morgan fingerprint density at radius 1 is 0.846 bits per heavy atom. The molecule has 4 heteroatoms. The smallest absolute Gasteiger partial charge is 0.306 e. The normalized spacial score (nSPS) is 11.7. The second kappa shape index (κ2) is 9.75. The molecule has 0 heterocycles. The minimum absolute atomic E-state index is 0.0104. The van der Waals surface area contributed by atoms with E-state index < -0.39 is 0 Å². The van der Waals surface area contributed by atoms with E-state index in [4.69, 9.17) is 9.47 Å². The van der Waals surface area contributed by atoms with E-state index in [-0.39, 0.29) is 42.4 Å². The molecule has 0 atom stereocenters. The average Bonchev–Trinajstić information content (AvgIpc) is 2.49. The van der Waals surface area contributed by atoms with Crippen LogP contribution in [0.1, 0.15) is 78.0 Å². The first-order valence-corrected chi connectivity index (χ1v) is 9.42. The summed E-state index contributed by atoms with van der Waals surface area (Å²) in [7, 11) is 0. The van der Waals surface area contributed by atoms with Gasteiger partial charge < -0.3 is 9.47 Å². The fraction of sp³-hybridized carbons (Fsp3) is 0.636. The summed E-state index contributed by atoms with van der Waals surface area (Å²) in [6.45, 7) is 14.8. The van der Waals surface area contributed by atoms with Crippen LogP contribution in [0.4, 0.5) is 0 Å². The fourth-order valence-corrected chi connectivity index (χ4v) is 2.47. The molecule has 1 aromatic carbocycles. The molecule has 0 saturated heterocycles. The van der Waals surface area contributed by atoms with Crippen LogP contribution in [-0.4, -0.2) is 11.9 Å².